The second kappa shape index (κ2) is 13.7. The summed E-state index contributed by atoms with van der Waals surface area (Å²) in [5, 5.41) is 6.89. The highest BCUT2D eigenvalue weighted by Gasteiger charge is 2.30. The first-order valence-corrected chi connectivity index (χ1v) is 13.5. The quantitative estimate of drug-likeness (QED) is 0.150. The molecule has 3 aromatic carbocycles. The molecule has 41 heavy (non-hydrogen) atoms. The van der Waals surface area contributed by atoms with Crippen LogP contribution in [0.1, 0.15) is 40.8 Å². The molecule has 0 aromatic heterocycles. The van der Waals surface area contributed by atoms with Crippen molar-refractivity contribution < 1.29 is 28.7 Å². The number of fused-ring (bicyclic) bond motifs is 3. The van der Waals surface area contributed by atoms with Crippen molar-refractivity contribution in [1.82, 2.24) is 10.6 Å². The van der Waals surface area contributed by atoms with E-state index < -0.39 is 35.4 Å². The van der Waals surface area contributed by atoms with Gasteiger partial charge in [-0.2, -0.15) is 0 Å². The number of hydrogen-bond donors (Lipinski definition) is 4. The van der Waals surface area contributed by atoms with Gasteiger partial charge in [-0.15, -0.1) is 11.6 Å². The van der Waals surface area contributed by atoms with Crippen LogP contribution >= 0.6 is 11.6 Å². The number of urea groups is 1. The Morgan fingerprint density at radius 2 is 1.54 bits per heavy atom. The number of benzene rings is 3. The smallest absolute Gasteiger partial charge is 0.407 e. The Balaban J connectivity index is 1.40. The lowest BCUT2D eigenvalue weighted by Gasteiger charge is -2.20. The zero-order valence-corrected chi connectivity index (χ0v) is 23.1. The molecule has 1 aliphatic rings. The summed E-state index contributed by atoms with van der Waals surface area (Å²) in [6.45, 7) is 0.323. The Labute approximate surface area is 242 Å². The first kappa shape index (κ1) is 29.4. The minimum atomic E-state index is -0.981. The summed E-state index contributed by atoms with van der Waals surface area (Å²) < 4.78 is 10.3. The number of hydrogen-bond acceptors (Lipinski definition) is 6. The van der Waals surface area contributed by atoms with E-state index >= 15 is 0 Å². The number of nitrogens with two attached hydrogens (primary N) is 1. The minimum absolute atomic E-state index is 0.0959. The molecular weight excluding hydrogens is 548 g/mol. The van der Waals surface area contributed by atoms with Crippen LogP contribution in [0.2, 0.25) is 0 Å². The van der Waals surface area contributed by atoms with E-state index in [-0.39, 0.29) is 25.5 Å². The number of rotatable bonds is 11. The highest BCUT2D eigenvalue weighted by molar-refractivity contribution is 6.29. The average Bonchev–Trinajstić information content (AvgIpc) is 3.30. The van der Waals surface area contributed by atoms with Crippen molar-refractivity contribution in [3.8, 4) is 11.1 Å². The molecule has 214 valence electrons. The van der Waals surface area contributed by atoms with Gasteiger partial charge in [0.15, 0.2) is 5.38 Å². The average molecular weight is 579 g/mol. The van der Waals surface area contributed by atoms with Gasteiger partial charge in [0.2, 0.25) is 5.91 Å². The number of carbonyl (C=O) groups excluding carboxylic acids is 4. The predicted molar refractivity (Wildman–Crippen MR) is 154 cm³/mol. The topological polar surface area (TPSA) is 149 Å². The minimum Gasteiger partial charge on any atom is -0.468 e. The fraction of sp³-hybridized carbons (Fsp3) is 0.267. The van der Waals surface area contributed by atoms with Gasteiger partial charge < -0.3 is 31.2 Å². The zero-order chi connectivity index (χ0) is 29.4. The number of primary amides is 1. The number of ether oxygens (including phenoxy) is 2. The van der Waals surface area contributed by atoms with Crippen molar-refractivity contribution in [3.63, 3.8) is 0 Å². The van der Waals surface area contributed by atoms with Gasteiger partial charge in [0, 0.05) is 18.2 Å². The highest BCUT2D eigenvalue weighted by Crippen LogP contribution is 2.44. The molecule has 0 bridgehead atoms. The second-order valence-electron chi connectivity index (χ2n) is 9.45. The number of alkyl carbamates (subject to hydrolysis) is 1. The molecule has 2 atom stereocenters. The number of alkyl halides is 1. The van der Waals surface area contributed by atoms with Crippen molar-refractivity contribution >= 4 is 41.3 Å². The normalized spacial score (nSPS) is 13.2. The standard InChI is InChI=1S/C30H31ClN4O6/c1-40-28(37)26(31)18-12-14-19(15-13-18)34-27(36)25(11-6-16-33-29(32)38)35-30(39)41-17-24-22-9-4-2-7-20(22)21-8-3-5-10-23(21)24/h2-5,7-10,12-15,24-26H,6,11,16-17H2,1H3,(H,34,36)(H,35,39)(H3,32,33,38). The third-order valence-electron chi connectivity index (χ3n) is 6.80. The molecule has 0 heterocycles. The van der Waals surface area contributed by atoms with Crippen LogP contribution in [0.25, 0.3) is 11.1 Å². The summed E-state index contributed by atoms with van der Waals surface area (Å²) in [5.74, 6) is -1.21. The number of esters is 1. The Hall–Kier alpha value is -4.57. The summed E-state index contributed by atoms with van der Waals surface area (Å²) in [6.07, 6.45) is -0.162. The first-order chi connectivity index (χ1) is 19.8. The van der Waals surface area contributed by atoms with Crippen LogP contribution < -0.4 is 21.7 Å². The van der Waals surface area contributed by atoms with E-state index in [4.69, 9.17) is 22.1 Å². The Bertz CT molecular complexity index is 1370. The van der Waals surface area contributed by atoms with Crippen LogP contribution in [-0.2, 0) is 19.1 Å². The van der Waals surface area contributed by atoms with Crippen LogP contribution in [0, 0.1) is 0 Å². The van der Waals surface area contributed by atoms with Crippen molar-refractivity contribution in [3.05, 3.63) is 89.5 Å². The number of nitrogens with one attached hydrogen (secondary N) is 3. The van der Waals surface area contributed by atoms with Gasteiger partial charge in [-0.3, -0.25) is 9.59 Å². The molecule has 4 amide bonds. The lowest BCUT2D eigenvalue weighted by molar-refractivity contribution is -0.140. The molecule has 0 aliphatic heterocycles. The van der Waals surface area contributed by atoms with E-state index in [0.29, 0.717) is 17.7 Å². The number of carbonyl (C=O) groups is 4. The van der Waals surface area contributed by atoms with Crippen LogP contribution in [0.15, 0.2) is 72.8 Å². The Morgan fingerprint density at radius 3 is 2.12 bits per heavy atom. The van der Waals surface area contributed by atoms with Gasteiger partial charge in [-0.05, 0) is 52.8 Å². The lowest BCUT2D eigenvalue weighted by atomic mass is 9.98. The van der Waals surface area contributed by atoms with Crippen LogP contribution in [0.3, 0.4) is 0 Å². The molecule has 0 saturated carbocycles. The highest BCUT2D eigenvalue weighted by atomic mass is 35.5. The number of amides is 4. The van der Waals surface area contributed by atoms with E-state index in [9.17, 15) is 19.2 Å². The van der Waals surface area contributed by atoms with Crippen molar-refractivity contribution in [2.45, 2.75) is 30.2 Å². The molecule has 0 spiro atoms. The predicted octanol–water partition coefficient (Wildman–Crippen LogP) is 4.43. The maximum Gasteiger partial charge on any atom is 0.407 e. The summed E-state index contributed by atoms with van der Waals surface area (Å²) in [6, 6.07) is 20.7. The monoisotopic (exact) mass is 578 g/mol. The Morgan fingerprint density at radius 1 is 0.927 bits per heavy atom. The maximum absolute atomic E-state index is 13.1. The number of halogens is 1. The zero-order valence-electron chi connectivity index (χ0n) is 22.4. The fourth-order valence-electron chi connectivity index (χ4n) is 4.77. The molecule has 3 aromatic rings. The first-order valence-electron chi connectivity index (χ1n) is 13.1. The van der Waals surface area contributed by atoms with E-state index in [2.05, 4.69) is 20.7 Å². The van der Waals surface area contributed by atoms with Gasteiger partial charge >= 0.3 is 18.1 Å². The summed E-state index contributed by atoms with van der Waals surface area (Å²) in [5.41, 5.74) is 10.4. The Kier molecular flexibility index (Phi) is 9.81. The molecular formula is C30H31ClN4O6. The van der Waals surface area contributed by atoms with E-state index in [1.165, 1.54) is 7.11 Å². The summed E-state index contributed by atoms with van der Waals surface area (Å²) >= 11 is 6.09. The molecule has 1 aliphatic carbocycles. The van der Waals surface area contributed by atoms with E-state index in [1.54, 1.807) is 24.3 Å². The molecule has 2 unspecified atom stereocenters. The van der Waals surface area contributed by atoms with Crippen LogP contribution in [-0.4, -0.2) is 50.3 Å². The van der Waals surface area contributed by atoms with Gasteiger partial charge in [-0.25, -0.2) is 9.59 Å². The van der Waals surface area contributed by atoms with E-state index in [1.807, 2.05) is 48.5 Å². The van der Waals surface area contributed by atoms with Crippen LogP contribution in [0.4, 0.5) is 15.3 Å². The number of methoxy groups -OCH3 is 1. The third kappa shape index (κ3) is 7.34. The van der Waals surface area contributed by atoms with Gasteiger partial charge in [0.1, 0.15) is 12.6 Å². The summed E-state index contributed by atoms with van der Waals surface area (Å²) in [7, 11) is 1.25. The fourth-order valence-corrected chi connectivity index (χ4v) is 5.01. The van der Waals surface area contributed by atoms with Crippen molar-refractivity contribution in [2.75, 3.05) is 25.6 Å². The van der Waals surface area contributed by atoms with Gasteiger partial charge in [0.25, 0.3) is 0 Å². The molecule has 0 saturated heterocycles. The van der Waals surface area contributed by atoms with E-state index in [0.717, 1.165) is 22.3 Å². The maximum atomic E-state index is 13.1. The molecule has 0 fully saturated rings. The largest absolute Gasteiger partial charge is 0.468 e. The number of anilines is 1. The molecule has 10 nitrogen and oxygen atoms in total. The molecule has 4 rings (SSSR count). The SMILES string of the molecule is COC(=O)C(Cl)c1ccc(NC(=O)C(CCCNC(N)=O)NC(=O)OCC2c3ccccc3-c3ccccc32)cc1. The second-order valence-corrected chi connectivity index (χ2v) is 9.89. The summed E-state index contributed by atoms with van der Waals surface area (Å²) in [4.78, 5) is 48.7. The lowest BCUT2D eigenvalue weighted by Crippen LogP contribution is -2.44. The third-order valence-corrected chi connectivity index (χ3v) is 7.23. The molecule has 5 N–H and O–H groups in total. The van der Waals surface area contributed by atoms with Crippen LogP contribution in [0.5, 0.6) is 0 Å². The van der Waals surface area contributed by atoms with Crippen molar-refractivity contribution in [2.24, 2.45) is 5.73 Å². The van der Waals surface area contributed by atoms with Gasteiger partial charge in [-0.1, -0.05) is 60.7 Å². The molecule has 11 heteroatoms. The molecule has 0 radical (unpaired) electrons. The van der Waals surface area contributed by atoms with Gasteiger partial charge in [0.05, 0.1) is 7.11 Å². The van der Waals surface area contributed by atoms with Crippen molar-refractivity contribution in [1.29, 1.82) is 0 Å².